The number of likely N-dealkylation sites (tertiary alicyclic amines) is 1. The van der Waals surface area contributed by atoms with E-state index in [-0.39, 0.29) is 23.8 Å². The lowest BCUT2D eigenvalue weighted by atomic mass is 9.72. The second kappa shape index (κ2) is 12.5. The molecule has 0 radical (unpaired) electrons. The van der Waals surface area contributed by atoms with E-state index in [0.717, 1.165) is 53.3 Å². The number of nitrogens with two attached hydrogens (primary N) is 1. The number of amides is 1. The summed E-state index contributed by atoms with van der Waals surface area (Å²) in [4.78, 5) is 20.1. The molecular weight excluding hydrogens is 526 g/mol. The molecule has 5 rings (SSSR count). The molecule has 7 nitrogen and oxygen atoms in total. The zero-order valence-corrected chi connectivity index (χ0v) is 23.9. The summed E-state index contributed by atoms with van der Waals surface area (Å²) in [6, 6.07) is 15.4. The first-order chi connectivity index (χ1) is 19.3. The van der Waals surface area contributed by atoms with E-state index >= 15 is 0 Å². The lowest BCUT2D eigenvalue weighted by Gasteiger charge is -2.44. The van der Waals surface area contributed by atoms with E-state index in [1.54, 1.807) is 7.11 Å². The Labute approximate surface area is 241 Å². The van der Waals surface area contributed by atoms with Gasteiger partial charge in [-0.2, -0.15) is 0 Å². The number of aliphatic hydroxyl groups is 2. The molecule has 2 aliphatic rings. The zero-order valence-electron chi connectivity index (χ0n) is 23.1. The molecule has 1 amide bonds. The summed E-state index contributed by atoms with van der Waals surface area (Å²) in [6.45, 7) is 1.71. The van der Waals surface area contributed by atoms with Crippen LogP contribution in [0.2, 0.25) is 5.02 Å². The van der Waals surface area contributed by atoms with E-state index in [2.05, 4.69) is 11.1 Å². The van der Waals surface area contributed by atoms with Crippen LogP contribution in [0.1, 0.15) is 50.5 Å². The van der Waals surface area contributed by atoms with Gasteiger partial charge in [0.15, 0.2) is 0 Å². The van der Waals surface area contributed by atoms with Crippen molar-refractivity contribution in [1.29, 1.82) is 0 Å². The van der Waals surface area contributed by atoms with E-state index in [1.165, 1.54) is 0 Å². The first kappa shape index (κ1) is 29.0. The average Bonchev–Trinajstić information content (AvgIpc) is 3.32. The molecule has 2 heterocycles. The minimum atomic E-state index is -1.22. The number of fused-ring (bicyclic) bond motifs is 1. The van der Waals surface area contributed by atoms with Gasteiger partial charge in [-0.05, 0) is 68.7 Å². The Morgan fingerprint density at radius 2 is 2.02 bits per heavy atom. The number of nitrogens with zero attached hydrogens (tertiary/aromatic N) is 2. The number of halogens is 1. The molecule has 2 aromatic carbocycles. The highest BCUT2D eigenvalue weighted by molar-refractivity contribution is 6.33. The van der Waals surface area contributed by atoms with Crippen molar-refractivity contribution in [3.8, 4) is 11.1 Å². The Hall–Kier alpha value is -2.55. The number of unbranched alkanes of at least 4 members (excludes halogenated alkanes) is 1. The molecule has 4 N–H and O–H groups in total. The van der Waals surface area contributed by atoms with Gasteiger partial charge in [0.2, 0.25) is 5.91 Å². The molecule has 3 aromatic rings. The lowest BCUT2D eigenvalue weighted by Crippen LogP contribution is -2.49. The van der Waals surface area contributed by atoms with Crippen molar-refractivity contribution in [3.63, 3.8) is 0 Å². The number of benzene rings is 2. The van der Waals surface area contributed by atoms with Crippen LogP contribution in [0, 0.1) is 11.8 Å². The van der Waals surface area contributed by atoms with Crippen LogP contribution in [0.25, 0.3) is 22.0 Å². The normalized spacial score (nSPS) is 24.8. The fourth-order valence-electron chi connectivity index (χ4n) is 6.66. The van der Waals surface area contributed by atoms with Gasteiger partial charge in [0, 0.05) is 72.4 Å². The van der Waals surface area contributed by atoms with Crippen LogP contribution < -0.4 is 5.73 Å². The number of rotatable bonds is 9. The van der Waals surface area contributed by atoms with Gasteiger partial charge in [0.05, 0.1) is 17.2 Å². The Bertz CT molecular complexity index is 1330. The van der Waals surface area contributed by atoms with E-state index in [0.29, 0.717) is 44.0 Å². The maximum absolute atomic E-state index is 13.5. The van der Waals surface area contributed by atoms with Gasteiger partial charge in [0.25, 0.3) is 0 Å². The zero-order chi connectivity index (χ0) is 28.3. The Balaban J connectivity index is 1.51. The number of ether oxygens (including phenoxy) is 1. The highest BCUT2D eigenvalue weighted by atomic mass is 35.5. The molecule has 0 bridgehead atoms. The molecule has 0 unspecified atom stereocenters. The molecule has 1 aliphatic heterocycles. The smallest absolute Gasteiger partial charge is 0.225 e. The topological polar surface area (TPSA) is 109 Å². The first-order valence-corrected chi connectivity index (χ1v) is 14.8. The maximum Gasteiger partial charge on any atom is 0.225 e. The number of hydrogen-bond donors (Lipinski definition) is 3. The molecule has 1 aromatic heterocycles. The SMILES string of the molecule is COCCCC[C@](O)(c1cccc(Cl)c1-c1cnc2ccccc2c1)[C@@H]1CCCN(C(=O)[C@H]2C[C@@H](N)[C@@H](O)C2)C1. The van der Waals surface area contributed by atoms with Crippen LogP contribution in [0.4, 0.5) is 0 Å². The summed E-state index contributed by atoms with van der Waals surface area (Å²) in [5.74, 6) is -0.425. The fourth-order valence-corrected chi connectivity index (χ4v) is 6.94. The predicted molar refractivity (Wildman–Crippen MR) is 158 cm³/mol. The number of aliphatic hydroxyl groups excluding tert-OH is 1. The molecule has 40 heavy (non-hydrogen) atoms. The minimum absolute atomic E-state index is 0.0310. The number of hydrogen-bond acceptors (Lipinski definition) is 6. The van der Waals surface area contributed by atoms with Crippen molar-refractivity contribution >= 4 is 28.4 Å². The second-order valence-corrected chi connectivity index (χ2v) is 11.9. The summed E-state index contributed by atoms with van der Waals surface area (Å²) < 4.78 is 5.29. The highest BCUT2D eigenvalue weighted by Crippen LogP contribution is 2.46. The fraction of sp³-hybridized carbons (Fsp3) is 0.500. The van der Waals surface area contributed by atoms with Crippen molar-refractivity contribution in [2.75, 3.05) is 26.8 Å². The number of methoxy groups -OCH3 is 1. The molecule has 5 atom stereocenters. The molecular formula is C32H40ClN3O4. The van der Waals surface area contributed by atoms with E-state index < -0.39 is 11.7 Å². The standard InChI is InChI=1S/C32H40ClN3O4/c1-40-15-5-4-13-32(39,24-9-7-14-36(20-24)31(38)22-17-27(34)29(37)18-22)25-10-6-11-26(33)30(25)23-16-21-8-2-3-12-28(21)35-19-23/h2-3,6,8,10-12,16,19,22,24,27,29,37,39H,4-5,7,9,13-15,17-18,20,34H2,1H3/t22-,24+,27+,29-,32+/m0/s1. The third-order valence-electron chi connectivity index (χ3n) is 8.85. The van der Waals surface area contributed by atoms with Crippen molar-refractivity contribution in [1.82, 2.24) is 9.88 Å². The van der Waals surface area contributed by atoms with Crippen LogP contribution in [0.3, 0.4) is 0 Å². The molecule has 214 valence electrons. The highest BCUT2D eigenvalue weighted by Gasteiger charge is 2.44. The van der Waals surface area contributed by atoms with Crippen LogP contribution >= 0.6 is 11.6 Å². The van der Waals surface area contributed by atoms with E-state index in [1.807, 2.05) is 53.6 Å². The summed E-state index contributed by atoms with van der Waals surface area (Å²) >= 11 is 6.88. The quantitative estimate of drug-likeness (QED) is 0.319. The van der Waals surface area contributed by atoms with E-state index in [9.17, 15) is 15.0 Å². The molecule has 1 saturated carbocycles. The number of para-hydroxylation sites is 1. The largest absolute Gasteiger partial charge is 0.391 e. The summed E-state index contributed by atoms with van der Waals surface area (Å²) in [7, 11) is 1.68. The van der Waals surface area contributed by atoms with Crippen LogP contribution in [0.15, 0.2) is 54.7 Å². The molecule has 0 spiro atoms. The van der Waals surface area contributed by atoms with Gasteiger partial charge < -0.3 is 25.6 Å². The Kier molecular flexibility index (Phi) is 9.08. The van der Waals surface area contributed by atoms with Gasteiger partial charge in [-0.3, -0.25) is 9.78 Å². The maximum atomic E-state index is 13.5. The monoisotopic (exact) mass is 565 g/mol. The van der Waals surface area contributed by atoms with Gasteiger partial charge in [-0.15, -0.1) is 0 Å². The molecule has 8 heteroatoms. The van der Waals surface area contributed by atoms with Gasteiger partial charge in [0.1, 0.15) is 0 Å². The lowest BCUT2D eigenvalue weighted by molar-refractivity contribution is -0.141. The van der Waals surface area contributed by atoms with Crippen molar-refractivity contribution in [2.45, 2.75) is 62.7 Å². The number of piperidine rings is 1. The third-order valence-corrected chi connectivity index (χ3v) is 9.17. The summed E-state index contributed by atoms with van der Waals surface area (Å²) in [5.41, 5.74) is 8.11. The summed E-state index contributed by atoms with van der Waals surface area (Å²) in [6.07, 6.45) is 5.77. The Morgan fingerprint density at radius 1 is 1.20 bits per heavy atom. The second-order valence-electron chi connectivity index (χ2n) is 11.5. The number of pyridine rings is 1. The van der Waals surface area contributed by atoms with Crippen molar-refractivity contribution < 1.29 is 19.7 Å². The van der Waals surface area contributed by atoms with Gasteiger partial charge >= 0.3 is 0 Å². The van der Waals surface area contributed by atoms with Crippen LogP contribution in [-0.2, 0) is 15.1 Å². The van der Waals surface area contributed by atoms with Crippen LogP contribution in [-0.4, -0.2) is 65.0 Å². The molecule has 1 aliphatic carbocycles. The number of aromatic nitrogens is 1. The predicted octanol–water partition coefficient (Wildman–Crippen LogP) is 4.90. The molecule has 1 saturated heterocycles. The third kappa shape index (κ3) is 5.90. The number of carbonyl (C=O) groups is 1. The minimum Gasteiger partial charge on any atom is -0.391 e. The average molecular weight is 566 g/mol. The first-order valence-electron chi connectivity index (χ1n) is 14.4. The van der Waals surface area contributed by atoms with Gasteiger partial charge in [-0.25, -0.2) is 0 Å². The van der Waals surface area contributed by atoms with Crippen molar-refractivity contribution in [3.05, 3.63) is 65.3 Å². The summed E-state index contributed by atoms with van der Waals surface area (Å²) in [5, 5.41) is 24.4. The Morgan fingerprint density at radius 3 is 2.80 bits per heavy atom. The van der Waals surface area contributed by atoms with Gasteiger partial charge in [-0.1, -0.05) is 41.9 Å². The van der Waals surface area contributed by atoms with E-state index in [4.69, 9.17) is 22.1 Å². The van der Waals surface area contributed by atoms with Crippen molar-refractivity contribution in [2.24, 2.45) is 17.6 Å². The van der Waals surface area contributed by atoms with Crippen LogP contribution in [0.5, 0.6) is 0 Å². The molecule has 2 fully saturated rings. The number of carbonyl (C=O) groups excluding carboxylic acids is 1.